The minimum atomic E-state index is -4.28. The highest BCUT2D eigenvalue weighted by molar-refractivity contribution is 7.92. The number of carboxylic acid groups (broad SMARTS) is 1. The van der Waals surface area contributed by atoms with Crippen molar-refractivity contribution in [3.8, 4) is 16.3 Å². The van der Waals surface area contributed by atoms with Gasteiger partial charge in [0.25, 0.3) is 10.0 Å². The van der Waals surface area contributed by atoms with Crippen LogP contribution in [0.2, 0.25) is 0 Å². The number of carboxylic acids is 1. The Kier molecular flexibility index (Phi) is 8.08. The van der Waals surface area contributed by atoms with Gasteiger partial charge in [0.2, 0.25) is 0 Å². The molecule has 2 N–H and O–H groups in total. The van der Waals surface area contributed by atoms with E-state index in [2.05, 4.69) is 23.6 Å². The number of hydrogen-bond donors (Lipinski definition) is 2. The van der Waals surface area contributed by atoms with Crippen molar-refractivity contribution >= 4 is 33.0 Å². The van der Waals surface area contributed by atoms with E-state index in [4.69, 9.17) is 9.84 Å². The minimum absolute atomic E-state index is 0.164. The Morgan fingerprint density at radius 3 is 2.47 bits per heavy atom. The lowest BCUT2D eigenvalue weighted by Gasteiger charge is -2.31. The molecule has 1 heterocycles. The van der Waals surface area contributed by atoms with Gasteiger partial charge in [-0.05, 0) is 67.6 Å². The normalized spacial score (nSPS) is 18.0. The highest BCUT2D eigenvalue weighted by atomic mass is 32.2. The Morgan fingerprint density at radius 2 is 1.87 bits per heavy atom. The fraction of sp³-hybridized carbons (Fsp3) is 0.407. The van der Waals surface area contributed by atoms with Crippen LogP contribution in [0.1, 0.15) is 66.9 Å². The van der Waals surface area contributed by atoms with Crippen LogP contribution in [0.3, 0.4) is 0 Å². The molecule has 11 heteroatoms. The molecule has 0 radical (unpaired) electrons. The molecule has 3 aromatic rings. The number of rotatable bonds is 8. The van der Waals surface area contributed by atoms with Crippen LogP contribution in [-0.2, 0) is 10.0 Å². The summed E-state index contributed by atoms with van der Waals surface area (Å²) in [5, 5.41) is 10.4. The van der Waals surface area contributed by atoms with Crippen molar-refractivity contribution in [2.24, 2.45) is 11.8 Å². The van der Waals surface area contributed by atoms with Crippen molar-refractivity contribution in [2.45, 2.75) is 57.4 Å². The molecule has 1 aliphatic rings. The molecule has 0 unspecified atom stereocenters. The first kappa shape index (κ1) is 28.0. The molecule has 0 atom stereocenters. The molecule has 2 aromatic carbocycles. The van der Waals surface area contributed by atoms with Gasteiger partial charge in [-0.25, -0.2) is 18.6 Å². The number of aromatic carboxylic acids is 1. The monoisotopic (exact) mass is 564 g/mol. The zero-order valence-corrected chi connectivity index (χ0v) is 23.2. The van der Waals surface area contributed by atoms with Gasteiger partial charge in [0.15, 0.2) is 5.03 Å². The molecule has 1 fully saturated rings. The van der Waals surface area contributed by atoms with Gasteiger partial charge in [-0.2, -0.15) is 8.42 Å². The maximum absolute atomic E-state index is 15.5. The number of hydrogen-bond acceptors (Lipinski definition) is 6. The molecule has 1 aromatic heterocycles. The Hall–Kier alpha value is -3.05. The van der Waals surface area contributed by atoms with Crippen molar-refractivity contribution in [1.82, 2.24) is 4.98 Å². The fourth-order valence-electron chi connectivity index (χ4n) is 5.02. The second-order valence-corrected chi connectivity index (χ2v) is 12.4. The summed E-state index contributed by atoms with van der Waals surface area (Å²) in [4.78, 5) is 15.4. The molecule has 0 amide bonds. The van der Waals surface area contributed by atoms with Crippen molar-refractivity contribution in [3.63, 3.8) is 0 Å². The number of methoxy groups -OCH3 is 1. The number of nitrogens with zero attached hydrogens (tertiary/aromatic N) is 1. The third kappa shape index (κ3) is 5.54. The van der Waals surface area contributed by atoms with Crippen molar-refractivity contribution in [2.75, 3.05) is 11.8 Å². The van der Waals surface area contributed by atoms with Gasteiger partial charge < -0.3 is 9.84 Å². The number of anilines is 1. The van der Waals surface area contributed by atoms with Crippen molar-refractivity contribution in [3.05, 3.63) is 58.0 Å². The Bertz CT molecular complexity index is 1460. The van der Waals surface area contributed by atoms with E-state index in [1.165, 1.54) is 12.5 Å². The quantitative estimate of drug-likeness (QED) is 0.311. The first-order valence-corrected chi connectivity index (χ1v) is 14.7. The standard InChI is InChI=1S/C27H30F2N2O5S2/c1-14(2)16-5-7-17(8-6-16)19-10-9-18(15(3)25(19)29)26-30-24(13-37-26)38(34,35)31-22-12-21(28)20(27(32)33)11-23(22)36-4/h9-14,16-17,31H,5-8H2,1-4H3,(H,32,33)/t16-,17-. The van der Waals surface area contributed by atoms with Crippen LogP contribution in [-0.4, -0.2) is 31.6 Å². The summed E-state index contributed by atoms with van der Waals surface area (Å²) in [5.74, 6) is -1.64. The van der Waals surface area contributed by atoms with Gasteiger partial charge in [-0.15, -0.1) is 11.3 Å². The van der Waals surface area contributed by atoms with E-state index in [0.29, 0.717) is 33.5 Å². The number of carbonyl (C=O) groups is 1. The Labute approximate surface area is 224 Å². The van der Waals surface area contributed by atoms with Gasteiger partial charge in [0, 0.05) is 17.0 Å². The first-order chi connectivity index (χ1) is 17.9. The number of nitrogens with one attached hydrogen (secondary N) is 1. The smallest absolute Gasteiger partial charge is 0.338 e. The highest BCUT2D eigenvalue weighted by Gasteiger charge is 2.28. The van der Waals surface area contributed by atoms with Crippen LogP contribution in [0.15, 0.2) is 34.7 Å². The number of thiazole rings is 1. The number of halogens is 2. The van der Waals surface area contributed by atoms with E-state index < -0.39 is 27.4 Å². The lowest BCUT2D eigenvalue weighted by molar-refractivity contribution is 0.0691. The van der Waals surface area contributed by atoms with Crippen LogP contribution in [0, 0.1) is 30.4 Å². The summed E-state index contributed by atoms with van der Waals surface area (Å²) in [5.41, 5.74) is 0.673. The first-order valence-electron chi connectivity index (χ1n) is 12.3. The van der Waals surface area contributed by atoms with Crippen molar-refractivity contribution in [1.29, 1.82) is 0 Å². The molecular formula is C27H30F2N2O5S2. The molecule has 0 aliphatic heterocycles. The van der Waals surface area contributed by atoms with E-state index in [1.54, 1.807) is 19.1 Å². The summed E-state index contributed by atoms with van der Waals surface area (Å²) in [7, 11) is -3.08. The molecule has 0 saturated heterocycles. The van der Waals surface area contributed by atoms with E-state index in [1.807, 2.05) is 0 Å². The number of sulfonamides is 1. The van der Waals surface area contributed by atoms with Crippen LogP contribution >= 0.6 is 11.3 Å². The number of aromatic nitrogens is 1. The minimum Gasteiger partial charge on any atom is -0.495 e. The van der Waals surface area contributed by atoms with Gasteiger partial charge >= 0.3 is 5.97 Å². The maximum atomic E-state index is 15.5. The molecule has 0 bridgehead atoms. The maximum Gasteiger partial charge on any atom is 0.338 e. The predicted octanol–water partition coefficient (Wildman–Crippen LogP) is 6.83. The summed E-state index contributed by atoms with van der Waals surface area (Å²) >= 11 is 1.05. The Morgan fingerprint density at radius 1 is 1.18 bits per heavy atom. The number of benzene rings is 2. The molecule has 204 valence electrons. The molecule has 0 spiro atoms. The van der Waals surface area contributed by atoms with E-state index in [9.17, 15) is 17.6 Å². The van der Waals surface area contributed by atoms with E-state index >= 15 is 4.39 Å². The average Bonchev–Trinajstić information content (AvgIpc) is 3.36. The van der Waals surface area contributed by atoms with Gasteiger partial charge in [-0.3, -0.25) is 4.72 Å². The second kappa shape index (κ2) is 11.0. The SMILES string of the molecule is COc1cc(C(=O)O)c(F)cc1NS(=O)(=O)c1csc(-c2ccc([C@H]3CC[C@H](C(C)C)CC3)c(F)c2C)n1. The molecule has 1 aliphatic carbocycles. The molecule has 38 heavy (non-hydrogen) atoms. The third-order valence-electron chi connectivity index (χ3n) is 7.32. The van der Waals surface area contributed by atoms with E-state index in [0.717, 1.165) is 49.2 Å². The fourth-order valence-corrected chi connectivity index (χ4v) is 7.26. The number of ether oxygens (including phenoxy) is 1. The largest absolute Gasteiger partial charge is 0.495 e. The van der Waals surface area contributed by atoms with Gasteiger partial charge in [-0.1, -0.05) is 26.0 Å². The Balaban J connectivity index is 1.58. The average molecular weight is 565 g/mol. The highest BCUT2D eigenvalue weighted by Crippen LogP contribution is 2.41. The molecule has 7 nitrogen and oxygen atoms in total. The zero-order chi connectivity index (χ0) is 27.8. The van der Waals surface area contributed by atoms with Crippen LogP contribution in [0.4, 0.5) is 14.5 Å². The summed E-state index contributed by atoms with van der Waals surface area (Å²) < 4.78 is 62.9. The lowest BCUT2D eigenvalue weighted by atomic mass is 9.74. The van der Waals surface area contributed by atoms with Gasteiger partial charge in [0.05, 0.1) is 18.4 Å². The topological polar surface area (TPSA) is 106 Å². The summed E-state index contributed by atoms with van der Waals surface area (Å²) in [6, 6.07) is 5.20. The van der Waals surface area contributed by atoms with Crippen LogP contribution in [0.25, 0.3) is 10.6 Å². The predicted molar refractivity (Wildman–Crippen MR) is 143 cm³/mol. The summed E-state index contributed by atoms with van der Waals surface area (Å²) in [6.07, 6.45) is 4.05. The molecule has 4 rings (SSSR count). The lowest BCUT2D eigenvalue weighted by Crippen LogP contribution is -2.18. The van der Waals surface area contributed by atoms with Crippen LogP contribution in [0.5, 0.6) is 5.75 Å². The second-order valence-electron chi connectivity index (χ2n) is 9.93. The zero-order valence-electron chi connectivity index (χ0n) is 21.5. The van der Waals surface area contributed by atoms with Crippen LogP contribution < -0.4 is 9.46 Å². The molecule has 1 saturated carbocycles. The van der Waals surface area contributed by atoms with Gasteiger partial charge in [0.1, 0.15) is 22.4 Å². The van der Waals surface area contributed by atoms with Crippen molar-refractivity contribution < 1.29 is 31.8 Å². The third-order valence-corrected chi connectivity index (χ3v) is 9.60. The molecular weight excluding hydrogens is 534 g/mol. The van der Waals surface area contributed by atoms with E-state index in [-0.39, 0.29) is 28.2 Å². The summed E-state index contributed by atoms with van der Waals surface area (Å²) in [6.45, 7) is 6.12.